The summed E-state index contributed by atoms with van der Waals surface area (Å²) in [5.41, 5.74) is -0.106. The first-order valence-corrected chi connectivity index (χ1v) is 36.2. The van der Waals surface area contributed by atoms with E-state index >= 15 is 0 Å². The molecule has 0 saturated carbocycles. The molecule has 99 heavy (non-hydrogen) atoms. The van der Waals surface area contributed by atoms with Crippen molar-refractivity contribution in [1.29, 1.82) is 0 Å². The first-order valence-electron chi connectivity index (χ1n) is 36.2. The van der Waals surface area contributed by atoms with E-state index in [0.29, 0.717) is 24.2 Å². The van der Waals surface area contributed by atoms with Crippen LogP contribution in [0.25, 0.3) is 31.9 Å². The van der Waals surface area contributed by atoms with Crippen molar-refractivity contribution in [3.63, 3.8) is 0 Å². The van der Waals surface area contributed by atoms with Gasteiger partial charge in [0.15, 0.2) is 0 Å². The van der Waals surface area contributed by atoms with Gasteiger partial charge >= 0.3 is 0 Å². The maximum atomic E-state index is 4.72. The molecule has 0 aromatic heterocycles. The fraction of sp³-hybridized carbons (Fsp3) is 0.920. The second kappa shape index (κ2) is 69.3. The van der Waals surface area contributed by atoms with E-state index in [9.17, 15) is 0 Å². The molecule has 0 spiro atoms. The van der Waals surface area contributed by atoms with Crippen molar-refractivity contribution in [2.45, 2.75) is 331 Å². The molecule has 4 unspecified atom stereocenters. The molecule has 618 valence electrons. The molecule has 24 heteroatoms. The molecule has 0 saturated heterocycles. The maximum Gasteiger partial charge on any atom is 0.00597 e. The SMILES string of the molecule is CCC(=NC(C)(C)C)[N-]C(C)CN(C)C.CCC(=NC(C)(C)C)[N-]C(C)CN(CC)CC.CCC(=NC(C)(C)C)[N-]CC(C)N(C)C.CCC(=NC(C)(C)C)[N-]CC(C)N(CC)CC.CCC(=NC(C)(C)C)[N-]CCN(C)C.CCC(=NC(C)(C)C)[N-]CN(CC)CC.[Ni].[Ni].[Ni].[Ni].[Ni].[Ni]. The van der Waals surface area contributed by atoms with Gasteiger partial charge in [-0.05, 0) is 219 Å². The Morgan fingerprint density at radius 3 is 0.818 bits per heavy atom. The third-order valence-corrected chi connectivity index (χ3v) is 13.1. The number of rotatable bonds is 29. The van der Waals surface area contributed by atoms with Crippen LogP contribution in [0.4, 0.5) is 0 Å². The molecule has 0 radical (unpaired) electrons. The summed E-state index contributed by atoms with van der Waals surface area (Å²) < 4.78 is 0. The van der Waals surface area contributed by atoms with Gasteiger partial charge in [-0.1, -0.05) is 257 Å². The molecule has 0 heterocycles. The number of likely N-dealkylation sites (N-methyl/N-ethyl adjacent to an activating group) is 5. The largest absolute Gasteiger partial charge is 0.468 e. The molecule has 0 amide bonds. The van der Waals surface area contributed by atoms with E-state index < -0.39 is 0 Å². The third kappa shape index (κ3) is 91.7. The zero-order valence-electron chi connectivity index (χ0n) is 71.7. The van der Waals surface area contributed by atoms with Crippen LogP contribution in [-0.2, 0) is 98.9 Å². The van der Waals surface area contributed by atoms with E-state index in [-0.39, 0.29) is 132 Å². The van der Waals surface area contributed by atoms with Gasteiger partial charge in [0.05, 0.1) is 0 Å². The Balaban J connectivity index is -0.0000000908. The van der Waals surface area contributed by atoms with E-state index in [1.165, 1.54) is 0 Å². The summed E-state index contributed by atoms with van der Waals surface area (Å²) in [6, 6.07) is 1.63. The molecule has 0 rings (SSSR count). The fourth-order valence-corrected chi connectivity index (χ4v) is 8.19. The first kappa shape index (κ1) is 125. The van der Waals surface area contributed by atoms with Crippen LogP contribution in [0.1, 0.15) is 274 Å². The van der Waals surface area contributed by atoms with Crippen molar-refractivity contribution in [1.82, 2.24) is 29.4 Å². The average Bonchev–Trinajstić information content (AvgIpc) is 0.972. The number of amidine groups is 6. The Kier molecular flexibility index (Phi) is 87.6. The topological polar surface area (TPSA) is 178 Å². The van der Waals surface area contributed by atoms with Crippen LogP contribution < -0.4 is 0 Å². The number of hydrogen-bond donors (Lipinski definition) is 0. The summed E-state index contributed by atoms with van der Waals surface area (Å²) in [5, 5.41) is 27.6. The molecule has 0 N–H and O–H groups in total. The van der Waals surface area contributed by atoms with E-state index in [1.807, 2.05) is 0 Å². The molecular weight excluding hydrogens is 1510 g/mol. The van der Waals surface area contributed by atoms with Gasteiger partial charge in [0.25, 0.3) is 0 Å². The smallest absolute Gasteiger partial charge is 0.00597 e. The van der Waals surface area contributed by atoms with Crippen molar-refractivity contribution in [2.24, 2.45) is 30.0 Å². The summed E-state index contributed by atoms with van der Waals surface area (Å²) in [7, 11) is 12.4. The zero-order valence-corrected chi connectivity index (χ0v) is 77.6. The molecule has 0 aromatic rings. The molecule has 0 aromatic carbocycles. The molecule has 0 fully saturated rings. The van der Waals surface area contributed by atoms with Gasteiger partial charge in [-0.3, -0.25) is 0 Å². The predicted octanol–water partition coefficient (Wildman–Crippen LogP) is 19.0. The van der Waals surface area contributed by atoms with Crippen molar-refractivity contribution in [3.05, 3.63) is 31.9 Å². The Labute approximate surface area is 678 Å². The molecule has 4 atom stereocenters. The fourth-order valence-electron chi connectivity index (χ4n) is 8.19. The number of aliphatic imine (C=N–C) groups is 6. The normalized spacial score (nSPS) is 13.9. The summed E-state index contributed by atoms with van der Waals surface area (Å²) in [6.07, 6.45) is 5.50. The molecule has 0 aliphatic rings. The summed E-state index contributed by atoms with van der Waals surface area (Å²) >= 11 is 0. The van der Waals surface area contributed by atoms with Crippen LogP contribution in [0.5, 0.6) is 0 Å². The molecule has 0 aliphatic heterocycles. The van der Waals surface area contributed by atoms with Crippen LogP contribution >= 0.6 is 0 Å². The summed E-state index contributed by atoms with van der Waals surface area (Å²) in [5.74, 6) is 5.93. The monoisotopic (exact) mass is 1660 g/mol. The van der Waals surface area contributed by atoms with Gasteiger partial charge in [0.1, 0.15) is 0 Å². The van der Waals surface area contributed by atoms with Gasteiger partial charge < -0.3 is 91.3 Å². The van der Waals surface area contributed by atoms with Crippen molar-refractivity contribution in [2.75, 3.05) is 127 Å². The summed E-state index contributed by atoms with van der Waals surface area (Å²) in [4.78, 5) is 41.2. The van der Waals surface area contributed by atoms with Crippen LogP contribution in [0.2, 0.25) is 0 Å². The second-order valence-corrected chi connectivity index (χ2v) is 30.9. The maximum absolute atomic E-state index is 4.72. The van der Waals surface area contributed by atoms with E-state index in [0.717, 1.165) is 159 Å². The summed E-state index contributed by atoms with van der Waals surface area (Å²) in [6.45, 7) is 85.2. The van der Waals surface area contributed by atoms with E-state index in [4.69, 9.17) is 5.32 Å². The Morgan fingerprint density at radius 2 is 0.576 bits per heavy atom. The van der Waals surface area contributed by atoms with Crippen molar-refractivity contribution < 1.29 is 98.9 Å². The van der Waals surface area contributed by atoms with Gasteiger partial charge in [-0.25, -0.2) is 0 Å². The Morgan fingerprint density at radius 1 is 0.313 bits per heavy atom. The van der Waals surface area contributed by atoms with Gasteiger partial charge in [0.2, 0.25) is 0 Å². The van der Waals surface area contributed by atoms with Gasteiger partial charge in [-0.2, -0.15) is 0 Å². The minimum atomic E-state index is -0.0240. The Bertz CT molecular complexity index is 1930. The minimum absolute atomic E-state index is 0. The van der Waals surface area contributed by atoms with Gasteiger partial charge in [-0.15, -0.1) is 0 Å². The zero-order chi connectivity index (χ0) is 74.2. The number of hydrogen-bond acceptors (Lipinski definition) is 12. The average molecular weight is 1670 g/mol. The van der Waals surface area contributed by atoms with Crippen molar-refractivity contribution >= 4 is 35.0 Å². The minimum Gasteiger partial charge on any atom is -0.468 e. The van der Waals surface area contributed by atoms with Crippen LogP contribution in [-0.4, -0.2) is 249 Å². The molecular formula is C75H162N18Ni6-6. The van der Waals surface area contributed by atoms with E-state index in [1.54, 1.807) is 0 Å². The molecule has 18 nitrogen and oxygen atoms in total. The quantitative estimate of drug-likeness (QED) is 0.0408. The van der Waals surface area contributed by atoms with Crippen molar-refractivity contribution in [3.8, 4) is 0 Å². The second-order valence-electron chi connectivity index (χ2n) is 30.9. The Hall–Kier alpha value is -0.459. The molecule has 0 bridgehead atoms. The van der Waals surface area contributed by atoms with E-state index in [2.05, 4.69) is 364 Å². The third-order valence-electron chi connectivity index (χ3n) is 13.1. The number of nitrogens with zero attached hydrogens (tertiary/aromatic N) is 18. The van der Waals surface area contributed by atoms with Crippen LogP contribution in [0.3, 0.4) is 0 Å². The predicted molar refractivity (Wildman–Crippen MR) is 427 cm³/mol. The molecule has 0 aliphatic carbocycles. The standard InChI is InChI=1S/2C14H30N3.3C12H26N3.C11H24N3.6Ni/c1-8-13(16-14(5,6)7)15-12(4)11-17(9-2)10-3;1-8-13(16-14(5,6)7)15-11-12(4)17(9-2)10-3;1-8-11(14-12(3,4)5)13-10(2)9-15(6)7;1-8-11(14-12(3,4)5)13-9-10(2)15(6)7;1-7-11(14-12(4,5)6)13-10-15(8-2)9-3;1-7-10(13-11(2,3)4)12-8-9-14(5)6;;;;;;/h2*12H,8-11H2,1-7H3;2*10H,8-9H2,1-7H3;7-10H2,1-6H3;7-9H2,1-6H3;;;;;;/q6*-1;;;;;;. The van der Waals surface area contributed by atoms with Gasteiger partial charge in [0, 0.05) is 118 Å². The van der Waals surface area contributed by atoms with Crippen LogP contribution in [0.15, 0.2) is 30.0 Å². The van der Waals surface area contributed by atoms with Crippen LogP contribution in [0, 0.1) is 0 Å². The first-order chi connectivity index (χ1) is 42.4.